The second kappa shape index (κ2) is 29.6. The smallest absolute Gasteiger partial charge is 0.237 e. The molecule has 0 aliphatic rings. The molecule has 15 aromatic heterocycles. The van der Waals surface area contributed by atoms with E-state index in [0.29, 0.717) is 40.1 Å². The van der Waals surface area contributed by atoms with Crippen molar-refractivity contribution in [2.24, 2.45) is 0 Å². The van der Waals surface area contributed by atoms with Gasteiger partial charge in [0.15, 0.2) is 17.0 Å². The lowest BCUT2D eigenvalue weighted by molar-refractivity contribution is 1.01. The average molecular weight is 1840 g/mol. The van der Waals surface area contributed by atoms with E-state index < -0.39 is 0 Å². The van der Waals surface area contributed by atoms with Gasteiger partial charge in [-0.2, -0.15) is 4.98 Å². The molecule has 0 radical (unpaired) electrons. The molecule has 0 aliphatic carbocycles. The molecule has 0 atom stereocenters. The van der Waals surface area contributed by atoms with Gasteiger partial charge < -0.3 is 22.3 Å². The summed E-state index contributed by atoms with van der Waals surface area (Å²) in [4.78, 5) is 42.7. The second-order valence-electron chi connectivity index (χ2n) is 37.9. The number of fused-ring (bicyclic) bond motifs is 38. The minimum Gasteiger partial charge on any atom is -0.308 e. The van der Waals surface area contributed by atoms with Gasteiger partial charge in [-0.05, 0) is 189 Å². The largest absolute Gasteiger partial charge is 0.308 e. The summed E-state index contributed by atoms with van der Waals surface area (Å²) in [5.74, 6) is 1.11. The fourth-order valence-electron chi connectivity index (χ4n) is 24.7. The van der Waals surface area contributed by atoms with Gasteiger partial charge in [0.1, 0.15) is 11.2 Å². The molecule has 16 heteroatoms. The lowest BCUT2D eigenvalue weighted by atomic mass is 10.0. The van der Waals surface area contributed by atoms with Gasteiger partial charge in [-0.15, -0.1) is 0 Å². The molecule has 0 aliphatic heterocycles. The van der Waals surface area contributed by atoms with Crippen LogP contribution in [0.25, 0.3) is 311 Å². The quantitative estimate of drug-likeness (QED) is 0.151. The molecule has 19 aromatic carbocycles. The number of hydrogen-bond acceptors (Lipinski definition) is 7. The molecule has 0 saturated carbocycles. The van der Waals surface area contributed by atoms with Crippen LogP contribution >= 0.6 is 0 Å². The molecule has 0 bridgehead atoms. The maximum absolute atomic E-state index is 7.65. The van der Waals surface area contributed by atoms with Crippen LogP contribution in [0.15, 0.2) is 425 Å². The number of para-hydroxylation sites is 8. The van der Waals surface area contributed by atoms with Crippen molar-refractivity contribution in [1.29, 1.82) is 0 Å². The molecule has 0 amide bonds. The summed E-state index contributed by atoms with van der Waals surface area (Å²) >= 11 is 0. The van der Waals surface area contributed by atoms with Crippen LogP contribution in [0.2, 0.25) is 0 Å². The molecule has 15 heterocycles. The number of nitrogens with zero attached hydrogens (tertiary/aromatic N) is 16. The van der Waals surface area contributed by atoms with E-state index in [-0.39, 0.29) is 0 Å². The summed E-state index contributed by atoms with van der Waals surface area (Å²) in [6.45, 7) is 15.3. The maximum Gasteiger partial charge on any atom is 0.237 e. The molecule has 0 spiro atoms. The Kier molecular flexibility index (Phi) is 16.1. The van der Waals surface area contributed by atoms with Gasteiger partial charge in [-0.1, -0.05) is 255 Å². The zero-order valence-corrected chi connectivity index (χ0v) is 77.1. The average Bonchev–Trinajstić information content (AvgIpc) is 1.53. The Morgan fingerprint density at radius 1 is 0.221 bits per heavy atom. The van der Waals surface area contributed by atoms with Crippen LogP contribution in [0.5, 0.6) is 0 Å². The summed E-state index contributed by atoms with van der Waals surface area (Å²) in [6.07, 6.45) is 7.63. The highest BCUT2D eigenvalue weighted by molar-refractivity contribution is 6.40. The number of aromatic nitrogens is 14. The third kappa shape index (κ3) is 10.9. The minimum absolute atomic E-state index is 0.543. The molecule has 34 aromatic rings. The van der Waals surface area contributed by atoms with Crippen molar-refractivity contribution in [3.63, 3.8) is 0 Å². The Morgan fingerprint density at radius 2 is 0.593 bits per heavy atom. The Balaban J connectivity index is 0.0000000971. The fraction of sp³-hybridized carbons (Fsp3) is 0. The first kappa shape index (κ1) is 78.7. The molecule has 0 N–H and O–H groups in total. The van der Waals surface area contributed by atoms with Crippen molar-refractivity contribution in [3.05, 3.63) is 448 Å². The summed E-state index contributed by atoms with van der Waals surface area (Å²) in [5.41, 5.74) is 28.3. The summed E-state index contributed by atoms with van der Waals surface area (Å²) in [6, 6.07) is 142. The van der Waals surface area contributed by atoms with Gasteiger partial charge in [-0.3, -0.25) is 19.1 Å². The molecule has 0 unspecified atom stereocenters. The highest BCUT2D eigenvalue weighted by atomic mass is 15.2. The normalized spacial score (nSPS) is 12.3. The van der Waals surface area contributed by atoms with Gasteiger partial charge in [0.2, 0.25) is 11.9 Å². The number of benzene rings is 19. The zero-order chi connectivity index (χ0) is 94.8. The fourth-order valence-corrected chi connectivity index (χ4v) is 24.7. The number of rotatable bonds is 6. The van der Waals surface area contributed by atoms with Gasteiger partial charge >= 0.3 is 0 Å². The Bertz CT molecular complexity index is 11400. The predicted molar refractivity (Wildman–Crippen MR) is 596 cm³/mol. The Hall–Kier alpha value is -20.3. The van der Waals surface area contributed by atoms with Crippen LogP contribution in [0.1, 0.15) is 0 Å². The van der Waals surface area contributed by atoms with E-state index in [1.165, 1.54) is 185 Å². The molecular formula is C129H70N16. The Labute approximate surface area is 821 Å². The van der Waals surface area contributed by atoms with E-state index >= 15 is 0 Å². The molecular weight excluding hydrogens is 1770 g/mol. The minimum atomic E-state index is 0.543. The van der Waals surface area contributed by atoms with Gasteiger partial charge in [0.05, 0.1) is 136 Å². The van der Waals surface area contributed by atoms with Crippen molar-refractivity contribution in [2.75, 3.05) is 0 Å². The van der Waals surface area contributed by atoms with Crippen molar-refractivity contribution >= 4 is 267 Å². The van der Waals surface area contributed by atoms with Gasteiger partial charge in [0.25, 0.3) is 0 Å². The van der Waals surface area contributed by atoms with E-state index in [4.69, 9.17) is 48.0 Å². The first-order valence-electron chi connectivity index (χ1n) is 48.6. The molecule has 145 heavy (non-hydrogen) atoms. The lowest BCUT2D eigenvalue weighted by Gasteiger charge is -2.12. The molecule has 34 rings (SSSR count). The van der Waals surface area contributed by atoms with Crippen LogP contribution in [0.3, 0.4) is 0 Å². The second-order valence-corrected chi connectivity index (χ2v) is 37.9. The summed E-state index contributed by atoms with van der Waals surface area (Å²) in [5, 5.41) is 32.5. The van der Waals surface area contributed by atoms with E-state index in [1.807, 2.05) is 79.0 Å². The first-order valence-corrected chi connectivity index (χ1v) is 48.6. The van der Waals surface area contributed by atoms with E-state index in [2.05, 4.69) is 375 Å². The van der Waals surface area contributed by atoms with Crippen LogP contribution in [0, 0.1) is 13.1 Å². The van der Waals surface area contributed by atoms with Crippen molar-refractivity contribution < 1.29 is 0 Å². The molecule has 16 nitrogen and oxygen atoms in total. The highest BCUT2D eigenvalue weighted by Crippen LogP contribution is 2.54. The van der Waals surface area contributed by atoms with E-state index in [0.717, 1.165) is 88.2 Å². The van der Waals surface area contributed by atoms with E-state index in [9.17, 15) is 0 Å². The Morgan fingerprint density at radius 3 is 1.07 bits per heavy atom. The standard InChI is InChI=1S/C45H26N4.2C42H22N6/c1-2-14-29(15-3-1)47-36-20-10-7-17-31(36)42-40(47)25-46-26-41(42)48-38-23-28-13-5-4-12-27(28)22-34(38)43-39(48)24-33-30-16-6-9-19-35(30)49-37-21-11-8-18-32(37)44(43)45(33)49;1-43-27-13-8-12-26(20-27)39-40-32(16-9-19-44-40)45-42(46-39)48-35-22-25-11-3-2-10-24(25)21-31(35)37-36(48)23-30-28-14-4-6-17-33(28)47-34-18-7-5-15-29(34)38(37)41(30)47;1-43-27-13-8-12-26(20-27)39-30-16-9-19-44-41(30)46-42(45-39)48-35-22-25-11-3-2-10-24(25)21-32(35)37-36(48)23-31-28-14-4-6-17-33(28)47-34-18-7-5-15-29(34)38(37)40(31)47/h1-26H;2*2-23H. The topological polar surface area (TPSA) is 132 Å². The maximum atomic E-state index is 7.65. The zero-order valence-electron chi connectivity index (χ0n) is 77.1. The predicted octanol–water partition coefficient (Wildman–Crippen LogP) is 32.9. The van der Waals surface area contributed by atoms with Crippen molar-refractivity contribution in [1.82, 2.24) is 66.4 Å². The van der Waals surface area contributed by atoms with Crippen molar-refractivity contribution in [3.8, 4) is 45.8 Å². The highest BCUT2D eigenvalue weighted by Gasteiger charge is 2.32. The van der Waals surface area contributed by atoms with Crippen LogP contribution < -0.4 is 0 Å². The summed E-state index contributed by atoms with van der Waals surface area (Å²) < 4.78 is 16.6. The molecule has 666 valence electrons. The third-order valence-corrected chi connectivity index (χ3v) is 30.5. The van der Waals surface area contributed by atoms with Crippen LogP contribution in [-0.4, -0.2) is 66.4 Å². The number of hydrogen-bond donors (Lipinski definition) is 0. The van der Waals surface area contributed by atoms with Gasteiger partial charge in [0, 0.05) is 131 Å². The molecule has 0 saturated heterocycles. The lowest BCUT2D eigenvalue weighted by Crippen LogP contribution is -2.04. The van der Waals surface area contributed by atoms with Crippen LogP contribution in [0.4, 0.5) is 11.4 Å². The summed E-state index contributed by atoms with van der Waals surface area (Å²) in [7, 11) is 0. The van der Waals surface area contributed by atoms with E-state index in [1.54, 1.807) is 12.4 Å². The van der Waals surface area contributed by atoms with Crippen molar-refractivity contribution in [2.45, 2.75) is 0 Å². The SMILES string of the molecule is [C-]#[N+]c1cccc(-c2nc(-n3c4cc5ccccc5cc4c4c5c6ccccc6n6c7ccccc7c(cc43)c56)nc3cccnc23)c1.[C-]#[N+]c1cccc(-c2nc(-n3c4cc5ccccc5cc4c4c5c6ccccc6n6c7ccccc7c(cc43)c56)nc3ncccc23)c1.c1ccc(-n2c3ccccc3c3c(-n4c5cc6ccccc6cc5c5c6c7ccccc7n7c8ccccc8c(cc54)c67)cncc32)cc1. The third-order valence-electron chi connectivity index (χ3n) is 30.5. The number of pyridine rings is 3. The first-order chi connectivity index (χ1) is 71.9. The monoisotopic (exact) mass is 1840 g/mol. The van der Waals surface area contributed by atoms with Gasteiger partial charge in [-0.25, -0.2) is 29.6 Å². The van der Waals surface area contributed by atoms with Crippen LogP contribution in [-0.2, 0) is 0 Å². The molecule has 0 fully saturated rings.